The maximum atomic E-state index is 12.1. The van der Waals surface area contributed by atoms with Gasteiger partial charge in [-0.1, -0.05) is 12.1 Å². The molecule has 8 nitrogen and oxygen atoms in total. The second-order valence-corrected chi connectivity index (χ2v) is 6.27. The lowest BCUT2D eigenvalue weighted by atomic mass is 10.2. The molecule has 0 saturated carbocycles. The van der Waals surface area contributed by atoms with E-state index in [2.05, 4.69) is 9.93 Å². The first-order chi connectivity index (χ1) is 11.4. The molecule has 0 unspecified atom stereocenters. The van der Waals surface area contributed by atoms with Gasteiger partial charge in [0.25, 0.3) is 15.7 Å². The molecule has 9 heteroatoms. The van der Waals surface area contributed by atoms with E-state index in [1.165, 1.54) is 36.5 Å². The second kappa shape index (κ2) is 7.55. The van der Waals surface area contributed by atoms with Gasteiger partial charge >= 0.3 is 0 Å². The molecule has 0 aromatic heterocycles. The van der Waals surface area contributed by atoms with E-state index in [1.54, 1.807) is 18.2 Å². The normalized spacial score (nSPS) is 11.4. The van der Waals surface area contributed by atoms with Crippen LogP contribution in [0.3, 0.4) is 0 Å². The number of hydrogen-bond acceptors (Lipinski definition) is 6. The van der Waals surface area contributed by atoms with Crippen molar-refractivity contribution in [1.82, 2.24) is 4.83 Å². The average molecular weight is 349 g/mol. The fraction of sp³-hybridized carbons (Fsp3) is 0.133. The molecule has 0 aliphatic carbocycles. The van der Waals surface area contributed by atoms with Gasteiger partial charge in [-0.25, -0.2) is 4.83 Å². The van der Waals surface area contributed by atoms with Crippen LogP contribution in [0.15, 0.2) is 58.5 Å². The quantitative estimate of drug-likeness (QED) is 0.468. The highest BCUT2D eigenvalue weighted by Gasteiger charge is 2.12. The number of hydrogen-bond donors (Lipinski definition) is 1. The molecule has 24 heavy (non-hydrogen) atoms. The third-order valence-electron chi connectivity index (χ3n) is 2.91. The zero-order valence-electron chi connectivity index (χ0n) is 12.7. The molecular weight excluding hydrogens is 334 g/mol. The van der Waals surface area contributed by atoms with Gasteiger partial charge in [-0.05, 0) is 31.2 Å². The Kier molecular flexibility index (Phi) is 5.48. The van der Waals surface area contributed by atoms with Gasteiger partial charge in [-0.3, -0.25) is 10.1 Å². The Hall–Kier alpha value is -2.94. The smallest absolute Gasteiger partial charge is 0.276 e. The fourth-order valence-electron chi connectivity index (χ4n) is 1.82. The number of nitrogens with one attached hydrogen (secondary N) is 1. The molecule has 0 atom stereocenters. The van der Waals surface area contributed by atoms with Gasteiger partial charge in [0.2, 0.25) is 0 Å². The highest BCUT2D eigenvalue weighted by atomic mass is 32.2. The average Bonchev–Trinajstić information content (AvgIpc) is 2.56. The summed E-state index contributed by atoms with van der Waals surface area (Å²) >= 11 is 0. The van der Waals surface area contributed by atoms with Crippen molar-refractivity contribution in [1.29, 1.82) is 0 Å². The number of nitrogens with zero attached hydrogens (tertiary/aromatic N) is 2. The lowest BCUT2D eigenvalue weighted by Gasteiger charge is -2.05. The van der Waals surface area contributed by atoms with Crippen molar-refractivity contribution in [3.05, 3.63) is 64.2 Å². The summed E-state index contributed by atoms with van der Waals surface area (Å²) in [6, 6.07) is 11.6. The summed E-state index contributed by atoms with van der Waals surface area (Å²) in [6.07, 6.45) is 1.19. The van der Waals surface area contributed by atoms with Gasteiger partial charge in [0, 0.05) is 17.7 Å². The minimum atomic E-state index is -3.83. The van der Waals surface area contributed by atoms with E-state index >= 15 is 0 Å². The molecule has 0 heterocycles. The first kappa shape index (κ1) is 17.4. The summed E-state index contributed by atoms with van der Waals surface area (Å²) in [5.41, 5.74) is 0.298. The summed E-state index contributed by atoms with van der Waals surface area (Å²) in [5, 5.41) is 14.3. The van der Waals surface area contributed by atoms with E-state index < -0.39 is 14.9 Å². The van der Waals surface area contributed by atoms with Crippen molar-refractivity contribution < 1.29 is 18.1 Å². The maximum absolute atomic E-state index is 12.1. The van der Waals surface area contributed by atoms with E-state index in [0.29, 0.717) is 17.9 Å². The van der Waals surface area contributed by atoms with Gasteiger partial charge in [0.1, 0.15) is 5.75 Å². The number of rotatable bonds is 7. The van der Waals surface area contributed by atoms with Gasteiger partial charge < -0.3 is 4.74 Å². The zero-order chi connectivity index (χ0) is 17.6. The Labute approximate surface area is 139 Å². The van der Waals surface area contributed by atoms with Crippen LogP contribution in [0.25, 0.3) is 0 Å². The van der Waals surface area contributed by atoms with Crippen LogP contribution in [-0.2, 0) is 10.0 Å². The molecule has 0 spiro atoms. The Morgan fingerprint density at radius 3 is 2.58 bits per heavy atom. The van der Waals surface area contributed by atoms with E-state index in [-0.39, 0.29) is 10.6 Å². The van der Waals surface area contributed by atoms with Gasteiger partial charge in [0.05, 0.1) is 22.6 Å². The molecule has 0 saturated heterocycles. The third-order valence-corrected chi connectivity index (χ3v) is 4.15. The van der Waals surface area contributed by atoms with E-state index in [4.69, 9.17) is 4.74 Å². The molecule has 2 aromatic rings. The van der Waals surface area contributed by atoms with Crippen molar-refractivity contribution in [2.75, 3.05) is 6.61 Å². The predicted molar refractivity (Wildman–Crippen MR) is 88.6 cm³/mol. The van der Waals surface area contributed by atoms with Gasteiger partial charge in [-0.15, -0.1) is 0 Å². The van der Waals surface area contributed by atoms with E-state index in [1.807, 2.05) is 6.92 Å². The third kappa shape index (κ3) is 4.53. The first-order valence-electron chi connectivity index (χ1n) is 6.94. The molecule has 1 N–H and O–H groups in total. The minimum Gasteiger partial charge on any atom is -0.494 e. The highest BCUT2D eigenvalue weighted by Crippen LogP contribution is 2.16. The molecule has 2 aromatic carbocycles. The van der Waals surface area contributed by atoms with Crippen LogP contribution in [0.5, 0.6) is 5.75 Å². The van der Waals surface area contributed by atoms with E-state index in [9.17, 15) is 18.5 Å². The van der Waals surface area contributed by atoms with Gasteiger partial charge in [-0.2, -0.15) is 13.5 Å². The molecule has 0 fully saturated rings. The van der Waals surface area contributed by atoms with Crippen molar-refractivity contribution in [2.24, 2.45) is 5.10 Å². The molecule has 0 aliphatic heterocycles. The Balaban J connectivity index is 2.09. The largest absolute Gasteiger partial charge is 0.494 e. The summed E-state index contributed by atoms with van der Waals surface area (Å²) in [4.78, 5) is 12.2. The van der Waals surface area contributed by atoms with Crippen LogP contribution in [0, 0.1) is 10.1 Å². The van der Waals surface area contributed by atoms with Crippen molar-refractivity contribution in [2.45, 2.75) is 11.8 Å². The Morgan fingerprint density at radius 1 is 1.25 bits per heavy atom. The van der Waals surface area contributed by atoms with Crippen LogP contribution in [-0.4, -0.2) is 26.2 Å². The van der Waals surface area contributed by atoms with Crippen LogP contribution in [0.2, 0.25) is 0 Å². The number of ether oxygens (including phenoxy) is 1. The fourth-order valence-corrected chi connectivity index (χ4v) is 2.61. The van der Waals surface area contributed by atoms with Crippen molar-refractivity contribution >= 4 is 21.9 Å². The Morgan fingerprint density at radius 2 is 1.96 bits per heavy atom. The van der Waals surface area contributed by atoms with Gasteiger partial charge in [0.15, 0.2) is 0 Å². The number of nitro benzene ring substituents is 1. The number of hydrazone groups is 1. The lowest BCUT2D eigenvalue weighted by Crippen LogP contribution is -2.18. The summed E-state index contributed by atoms with van der Waals surface area (Å²) < 4.78 is 29.4. The highest BCUT2D eigenvalue weighted by molar-refractivity contribution is 7.89. The molecule has 2 rings (SSSR count). The molecule has 126 valence electrons. The topological polar surface area (TPSA) is 111 Å². The molecule has 0 bridgehead atoms. The Bertz CT molecular complexity index is 848. The number of benzene rings is 2. The van der Waals surface area contributed by atoms with Crippen LogP contribution >= 0.6 is 0 Å². The number of nitro groups is 1. The summed E-state index contributed by atoms with van der Waals surface area (Å²) in [7, 11) is -3.83. The maximum Gasteiger partial charge on any atom is 0.276 e. The standard InChI is InChI=1S/C15H15N3O5S/c1-2-23-14-6-8-15(9-7-14)24(21,22)17-16-11-12-4-3-5-13(10-12)18(19)20/h3-11,17H,2H2,1H3/b16-11+. The molecular formula is C15H15N3O5S. The molecule has 0 radical (unpaired) electrons. The van der Waals surface area contributed by atoms with Crippen LogP contribution < -0.4 is 9.57 Å². The SMILES string of the molecule is CCOc1ccc(S(=O)(=O)N/N=C/c2cccc([N+](=O)[O-])c2)cc1. The minimum absolute atomic E-state index is 0.0298. The van der Waals surface area contributed by atoms with Crippen molar-refractivity contribution in [3.63, 3.8) is 0 Å². The summed E-state index contributed by atoms with van der Waals surface area (Å²) in [6.45, 7) is 2.31. The summed E-state index contributed by atoms with van der Waals surface area (Å²) in [5.74, 6) is 0.566. The predicted octanol–water partition coefficient (Wildman–Crippen LogP) is 2.31. The number of sulfonamides is 1. The number of non-ortho nitro benzene ring substituents is 1. The van der Waals surface area contributed by atoms with Crippen LogP contribution in [0.4, 0.5) is 5.69 Å². The zero-order valence-corrected chi connectivity index (χ0v) is 13.6. The first-order valence-corrected chi connectivity index (χ1v) is 8.43. The molecule has 0 aliphatic rings. The molecule has 0 amide bonds. The van der Waals surface area contributed by atoms with Crippen molar-refractivity contribution in [3.8, 4) is 5.75 Å². The lowest BCUT2D eigenvalue weighted by molar-refractivity contribution is -0.384. The monoisotopic (exact) mass is 349 g/mol. The second-order valence-electron chi connectivity index (χ2n) is 4.61. The van der Waals surface area contributed by atoms with E-state index in [0.717, 1.165) is 0 Å². The van der Waals surface area contributed by atoms with Crippen LogP contribution in [0.1, 0.15) is 12.5 Å².